The van der Waals surface area contributed by atoms with Gasteiger partial charge < -0.3 is 9.22 Å². The van der Waals surface area contributed by atoms with Crippen LogP contribution in [-0.2, 0) is 10.9 Å². The minimum atomic E-state index is -4.41. The number of hydrogen-bond acceptors (Lipinski definition) is 1. The first kappa shape index (κ1) is 19.5. The Hall–Kier alpha value is -1.85. The highest BCUT2D eigenvalue weighted by atomic mass is 19.4. The monoisotopic (exact) mass is 390 g/mol. The first-order valence-electron chi connectivity index (χ1n) is 9.96. The number of benzene rings is 2. The van der Waals surface area contributed by atoms with E-state index in [0.29, 0.717) is 12.1 Å². The van der Waals surface area contributed by atoms with Gasteiger partial charge in [0, 0.05) is 25.7 Å². The Morgan fingerprint density at radius 2 is 1.46 bits per heavy atom. The van der Waals surface area contributed by atoms with E-state index in [4.69, 9.17) is 4.74 Å². The maximum absolute atomic E-state index is 13.7. The minimum Gasteiger partial charge on any atom is -0.365 e. The Labute approximate surface area is 164 Å². The largest absolute Gasteiger partial charge is 0.416 e. The lowest BCUT2D eigenvalue weighted by Gasteiger charge is -2.44. The summed E-state index contributed by atoms with van der Waals surface area (Å²) in [6.07, 6.45) is -0.981. The van der Waals surface area contributed by atoms with E-state index in [1.807, 2.05) is 30.3 Å². The predicted molar refractivity (Wildman–Crippen MR) is 103 cm³/mol. The Kier molecular flexibility index (Phi) is 5.00. The summed E-state index contributed by atoms with van der Waals surface area (Å²) in [7, 11) is 4.54. The van der Waals surface area contributed by atoms with Crippen molar-refractivity contribution < 1.29 is 22.4 Å². The van der Waals surface area contributed by atoms with Crippen LogP contribution in [0, 0.1) is 0 Å². The summed E-state index contributed by atoms with van der Waals surface area (Å²) < 4.78 is 48.5. The fraction of sp³-hybridized carbons (Fsp3) is 0.478. The third kappa shape index (κ3) is 3.58. The van der Waals surface area contributed by atoms with Crippen molar-refractivity contribution in [3.63, 3.8) is 0 Å². The topological polar surface area (TPSA) is 9.23 Å². The molecule has 0 saturated carbocycles. The van der Waals surface area contributed by atoms with Crippen LogP contribution in [0.2, 0.25) is 0 Å². The molecule has 150 valence electrons. The predicted octanol–water partition coefficient (Wildman–Crippen LogP) is 5.58. The normalized spacial score (nSPS) is 27.5. The van der Waals surface area contributed by atoms with Gasteiger partial charge in [0.1, 0.15) is 6.10 Å². The molecule has 2 unspecified atom stereocenters. The van der Waals surface area contributed by atoms with Crippen molar-refractivity contribution in [2.75, 3.05) is 14.1 Å². The van der Waals surface area contributed by atoms with Crippen LogP contribution >= 0.6 is 0 Å². The van der Waals surface area contributed by atoms with Gasteiger partial charge in [-0.2, -0.15) is 13.2 Å². The maximum Gasteiger partial charge on any atom is 0.416 e. The van der Waals surface area contributed by atoms with E-state index in [1.54, 1.807) is 12.1 Å². The van der Waals surface area contributed by atoms with Crippen LogP contribution in [0.15, 0.2) is 54.6 Å². The molecular formula is C23H27F3NO+. The highest BCUT2D eigenvalue weighted by molar-refractivity contribution is 5.37. The van der Waals surface area contributed by atoms with Crippen molar-refractivity contribution in [3.05, 3.63) is 71.3 Å². The summed E-state index contributed by atoms with van der Waals surface area (Å²) in [4.78, 5) is 0. The van der Waals surface area contributed by atoms with Crippen molar-refractivity contribution >= 4 is 0 Å². The molecule has 2 aromatic rings. The van der Waals surface area contributed by atoms with E-state index in [1.165, 1.54) is 18.9 Å². The van der Waals surface area contributed by atoms with Gasteiger partial charge in [-0.15, -0.1) is 0 Å². The fourth-order valence-corrected chi connectivity index (χ4v) is 5.08. The quantitative estimate of drug-likeness (QED) is 0.619. The second kappa shape index (κ2) is 7.20. The maximum atomic E-state index is 13.7. The van der Waals surface area contributed by atoms with Crippen molar-refractivity contribution in [3.8, 4) is 0 Å². The number of halogens is 3. The Morgan fingerprint density at radius 1 is 0.893 bits per heavy atom. The molecular weight excluding hydrogens is 363 g/mol. The molecule has 2 fully saturated rings. The highest BCUT2D eigenvalue weighted by Gasteiger charge is 2.50. The van der Waals surface area contributed by atoms with Gasteiger partial charge in [-0.3, -0.25) is 0 Å². The molecule has 0 aromatic heterocycles. The van der Waals surface area contributed by atoms with Crippen LogP contribution in [0.1, 0.15) is 48.5 Å². The molecule has 28 heavy (non-hydrogen) atoms. The summed E-state index contributed by atoms with van der Waals surface area (Å²) in [6.45, 7) is 0. The number of alkyl halides is 3. The molecule has 2 bridgehead atoms. The van der Waals surface area contributed by atoms with E-state index >= 15 is 0 Å². The Morgan fingerprint density at radius 3 is 2.07 bits per heavy atom. The molecule has 4 rings (SSSR count). The molecule has 4 atom stereocenters. The van der Waals surface area contributed by atoms with Gasteiger partial charge in [0.15, 0.2) is 0 Å². The third-order valence-corrected chi connectivity index (χ3v) is 6.76. The third-order valence-electron chi connectivity index (χ3n) is 6.76. The van der Waals surface area contributed by atoms with Crippen molar-refractivity contribution in [2.24, 2.45) is 0 Å². The Balaban J connectivity index is 1.68. The number of hydrogen-bond donors (Lipinski definition) is 0. The molecule has 2 saturated heterocycles. The number of quaternary nitrogens is 1. The van der Waals surface area contributed by atoms with E-state index in [0.717, 1.165) is 29.0 Å². The smallest absolute Gasteiger partial charge is 0.365 e. The van der Waals surface area contributed by atoms with Crippen molar-refractivity contribution in [1.29, 1.82) is 0 Å². The van der Waals surface area contributed by atoms with Crippen LogP contribution < -0.4 is 0 Å². The first-order valence-corrected chi connectivity index (χ1v) is 9.96. The van der Waals surface area contributed by atoms with Gasteiger partial charge in [-0.25, -0.2) is 0 Å². The van der Waals surface area contributed by atoms with E-state index < -0.39 is 17.8 Å². The molecule has 2 aliphatic rings. The molecule has 0 spiro atoms. The fourth-order valence-electron chi connectivity index (χ4n) is 5.08. The zero-order chi connectivity index (χ0) is 19.9. The Bertz CT molecular complexity index is 802. The number of piperidine rings is 1. The van der Waals surface area contributed by atoms with Gasteiger partial charge in [-0.05, 0) is 17.2 Å². The number of ether oxygens (including phenoxy) is 1. The molecule has 5 heteroatoms. The number of fused-ring (bicyclic) bond motifs is 2. The second-order valence-corrected chi connectivity index (χ2v) is 8.62. The molecule has 0 aliphatic carbocycles. The second-order valence-electron chi connectivity index (χ2n) is 8.62. The summed E-state index contributed by atoms with van der Waals surface area (Å²) in [5, 5.41) is 0. The molecule has 0 radical (unpaired) electrons. The van der Waals surface area contributed by atoms with Gasteiger partial charge in [-0.1, -0.05) is 48.5 Å². The van der Waals surface area contributed by atoms with Gasteiger partial charge in [0.2, 0.25) is 0 Å². The van der Waals surface area contributed by atoms with Crippen molar-refractivity contribution in [2.45, 2.75) is 56.2 Å². The average Bonchev–Trinajstić information content (AvgIpc) is 2.84. The van der Waals surface area contributed by atoms with Crippen LogP contribution in [0.5, 0.6) is 0 Å². The van der Waals surface area contributed by atoms with Gasteiger partial charge in [0.25, 0.3) is 0 Å². The average molecular weight is 390 g/mol. The van der Waals surface area contributed by atoms with Crippen LogP contribution in [0.4, 0.5) is 13.2 Å². The standard InChI is InChI=1S/C23H27F3NO/c1-27(2)17-12-13-18(27)15-19(14-17)28-22(16-8-4-3-5-9-16)20-10-6-7-11-21(20)23(24,25)26/h3-11,17-19,22H,12-15H2,1-2H3/q+1/t17-,18+,19?,22?. The van der Waals surface area contributed by atoms with Crippen LogP contribution in [0.3, 0.4) is 0 Å². The zero-order valence-corrected chi connectivity index (χ0v) is 16.3. The van der Waals surface area contributed by atoms with Crippen LogP contribution in [0.25, 0.3) is 0 Å². The van der Waals surface area contributed by atoms with E-state index in [-0.39, 0.29) is 11.7 Å². The highest BCUT2D eigenvalue weighted by Crippen LogP contribution is 2.44. The van der Waals surface area contributed by atoms with E-state index in [2.05, 4.69) is 14.1 Å². The summed E-state index contributed by atoms with van der Waals surface area (Å²) in [5.41, 5.74) is 0.359. The minimum absolute atomic E-state index is 0.0184. The molecule has 2 nitrogen and oxygen atoms in total. The lowest BCUT2D eigenvalue weighted by Crippen LogP contribution is -2.56. The molecule has 2 heterocycles. The lowest BCUT2D eigenvalue weighted by molar-refractivity contribution is -0.931. The molecule has 2 aliphatic heterocycles. The molecule has 0 N–H and O–H groups in total. The number of nitrogens with zero attached hydrogens (tertiary/aromatic N) is 1. The summed E-state index contributed by atoms with van der Waals surface area (Å²) >= 11 is 0. The van der Waals surface area contributed by atoms with Gasteiger partial charge in [0.05, 0.1) is 37.8 Å². The SMILES string of the molecule is C[N+]1(C)[C@@H]2CC[C@H]1CC(OC(c1ccccc1)c1ccccc1C(F)(F)F)C2. The van der Waals surface area contributed by atoms with Crippen molar-refractivity contribution in [1.82, 2.24) is 0 Å². The van der Waals surface area contributed by atoms with Gasteiger partial charge >= 0.3 is 6.18 Å². The first-order chi connectivity index (χ1) is 13.3. The van der Waals surface area contributed by atoms with Crippen LogP contribution in [-0.4, -0.2) is 36.8 Å². The summed E-state index contributed by atoms with van der Waals surface area (Å²) in [5.74, 6) is 0. The zero-order valence-electron chi connectivity index (χ0n) is 16.3. The molecule has 0 amide bonds. The molecule has 2 aromatic carbocycles. The lowest BCUT2D eigenvalue weighted by atomic mass is 9.94. The van der Waals surface area contributed by atoms with E-state index in [9.17, 15) is 13.2 Å². The number of rotatable bonds is 4. The summed E-state index contributed by atoms with van der Waals surface area (Å²) in [6, 6.07) is 16.2.